The number of hydrogen-bond acceptors (Lipinski definition) is 4. The normalized spacial score (nSPS) is 13.7. The molecule has 3 aromatic rings. The Kier molecular flexibility index (Phi) is 5.53. The molecule has 3 aromatic carbocycles. The van der Waals surface area contributed by atoms with E-state index in [1.54, 1.807) is 49.6 Å². The van der Waals surface area contributed by atoms with Gasteiger partial charge < -0.3 is 10.1 Å². The number of nitrogens with zero attached hydrogens (tertiary/aromatic N) is 1. The van der Waals surface area contributed by atoms with Gasteiger partial charge in [0.15, 0.2) is 0 Å². The minimum absolute atomic E-state index is 0.210. The second-order valence-corrected chi connectivity index (χ2v) is 7.78. The summed E-state index contributed by atoms with van der Waals surface area (Å²) in [4.78, 5) is 28.2. The number of ether oxygens (including phenoxy) is 1. The number of halogens is 1. The second-order valence-electron chi connectivity index (χ2n) is 7.35. The van der Waals surface area contributed by atoms with E-state index in [0.717, 1.165) is 11.1 Å². The van der Waals surface area contributed by atoms with Gasteiger partial charge in [0.1, 0.15) is 11.4 Å². The first-order valence-electron chi connectivity index (χ1n) is 9.76. The number of carbonyl (C=O) groups excluding carboxylic acids is 2. The van der Waals surface area contributed by atoms with Crippen molar-refractivity contribution in [1.82, 2.24) is 0 Å². The van der Waals surface area contributed by atoms with Crippen molar-refractivity contribution in [2.75, 3.05) is 17.3 Å². The van der Waals surface area contributed by atoms with Crippen molar-refractivity contribution in [3.63, 3.8) is 0 Å². The number of amides is 2. The van der Waals surface area contributed by atoms with Crippen LogP contribution in [-0.2, 0) is 9.59 Å². The summed E-state index contributed by atoms with van der Waals surface area (Å²) in [6.07, 6.45) is 0. The van der Waals surface area contributed by atoms with Gasteiger partial charge in [-0.15, -0.1) is 0 Å². The van der Waals surface area contributed by atoms with Crippen molar-refractivity contribution in [2.24, 2.45) is 0 Å². The fraction of sp³-hybridized carbons (Fsp3) is 0.120. The highest BCUT2D eigenvalue weighted by Crippen LogP contribution is 2.35. The van der Waals surface area contributed by atoms with Crippen LogP contribution >= 0.6 is 11.6 Å². The lowest BCUT2D eigenvalue weighted by molar-refractivity contribution is -0.120. The Labute approximate surface area is 185 Å². The van der Waals surface area contributed by atoms with Crippen LogP contribution in [0.4, 0.5) is 11.4 Å². The standard InChI is InChI=1S/C25H21ClN2O3/c1-15-5-4-6-19(13-15)28-24(29)22(17-8-11-20(31-3)12-9-17)23(25(28)30)27-21-14-18(26)10-7-16(21)2/h4-14,27H,1-3H3. The van der Waals surface area contributed by atoms with Crippen molar-refractivity contribution in [2.45, 2.75) is 13.8 Å². The summed E-state index contributed by atoms with van der Waals surface area (Å²) in [5.41, 5.74) is 4.19. The van der Waals surface area contributed by atoms with E-state index in [1.165, 1.54) is 4.90 Å². The number of aryl methyl sites for hydroxylation is 2. The summed E-state index contributed by atoms with van der Waals surface area (Å²) < 4.78 is 5.23. The summed E-state index contributed by atoms with van der Waals surface area (Å²) in [5.74, 6) is -0.138. The van der Waals surface area contributed by atoms with Gasteiger partial charge in [-0.1, -0.05) is 41.9 Å². The number of anilines is 2. The van der Waals surface area contributed by atoms with Gasteiger partial charge in [-0.2, -0.15) is 0 Å². The highest BCUT2D eigenvalue weighted by atomic mass is 35.5. The largest absolute Gasteiger partial charge is 0.497 e. The predicted molar refractivity (Wildman–Crippen MR) is 123 cm³/mol. The maximum atomic E-state index is 13.5. The molecule has 0 radical (unpaired) electrons. The zero-order valence-electron chi connectivity index (χ0n) is 17.4. The molecule has 2 amide bonds. The van der Waals surface area contributed by atoms with Crippen LogP contribution in [0.25, 0.3) is 5.57 Å². The molecule has 156 valence electrons. The van der Waals surface area contributed by atoms with Gasteiger partial charge in [0, 0.05) is 10.7 Å². The first kappa shape index (κ1) is 20.7. The number of hydrogen-bond donors (Lipinski definition) is 1. The van der Waals surface area contributed by atoms with Gasteiger partial charge in [-0.05, 0) is 66.9 Å². The monoisotopic (exact) mass is 432 g/mol. The summed E-state index contributed by atoms with van der Waals surface area (Å²) in [7, 11) is 1.58. The number of benzene rings is 3. The van der Waals surface area contributed by atoms with E-state index in [1.807, 2.05) is 38.1 Å². The summed E-state index contributed by atoms with van der Waals surface area (Å²) in [6.45, 7) is 3.83. The van der Waals surface area contributed by atoms with Crippen LogP contribution in [0.15, 0.2) is 72.4 Å². The lowest BCUT2D eigenvalue weighted by Crippen LogP contribution is -2.32. The zero-order valence-corrected chi connectivity index (χ0v) is 18.2. The van der Waals surface area contributed by atoms with Crippen molar-refractivity contribution in [3.05, 3.63) is 94.1 Å². The Morgan fingerprint density at radius 1 is 0.903 bits per heavy atom. The summed E-state index contributed by atoms with van der Waals surface area (Å²) in [5, 5.41) is 3.71. The van der Waals surface area contributed by atoms with E-state index >= 15 is 0 Å². The van der Waals surface area contributed by atoms with Crippen molar-refractivity contribution in [3.8, 4) is 5.75 Å². The Balaban J connectivity index is 1.85. The maximum absolute atomic E-state index is 13.5. The third-order valence-corrected chi connectivity index (χ3v) is 5.42. The molecule has 0 atom stereocenters. The molecule has 5 nitrogen and oxygen atoms in total. The van der Waals surface area contributed by atoms with Crippen molar-refractivity contribution in [1.29, 1.82) is 0 Å². The highest BCUT2D eigenvalue weighted by Gasteiger charge is 2.40. The fourth-order valence-corrected chi connectivity index (χ4v) is 3.71. The molecule has 0 spiro atoms. The van der Waals surface area contributed by atoms with Crippen LogP contribution in [0.5, 0.6) is 5.75 Å². The van der Waals surface area contributed by atoms with Crippen LogP contribution in [0.2, 0.25) is 5.02 Å². The number of nitrogens with one attached hydrogen (secondary N) is 1. The Morgan fingerprint density at radius 2 is 1.65 bits per heavy atom. The third-order valence-electron chi connectivity index (χ3n) is 5.18. The number of imide groups is 1. The minimum Gasteiger partial charge on any atom is -0.497 e. The van der Waals surface area contributed by atoms with E-state index in [4.69, 9.17) is 16.3 Å². The first-order chi connectivity index (χ1) is 14.9. The third kappa shape index (κ3) is 3.92. The molecule has 1 N–H and O–H groups in total. The van der Waals surface area contributed by atoms with Gasteiger partial charge in [0.2, 0.25) is 0 Å². The molecule has 0 fully saturated rings. The molecule has 0 saturated heterocycles. The van der Waals surface area contributed by atoms with E-state index in [0.29, 0.717) is 33.3 Å². The van der Waals surface area contributed by atoms with E-state index in [-0.39, 0.29) is 11.6 Å². The number of methoxy groups -OCH3 is 1. The Morgan fingerprint density at radius 3 is 2.32 bits per heavy atom. The van der Waals surface area contributed by atoms with Crippen LogP contribution in [-0.4, -0.2) is 18.9 Å². The van der Waals surface area contributed by atoms with Crippen molar-refractivity contribution < 1.29 is 14.3 Å². The van der Waals surface area contributed by atoms with Crippen LogP contribution in [0.3, 0.4) is 0 Å². The fourth-order valence-electron chi connectivity index (χ4n) is 3.54. The zero-order chi connectivity index (χ0) is 22.1. The molecule has 4 rings (SSSR count). The molecular weight excluding hydrogens is 412 g/mol. The molecular formula is C25H21ClN2O3. The van der Waals surface area contributed by atoms with Gasteiger partial charge in [0.25, 0.3) is 11.8 Å². The second kappa shape index (κ2) is 8.28. The molecule has 0 saturated carbocycles. The first-order valence-corrected chi connectivity index (χ1v) is 10.1. The molecule has 0 unspecified atom stereocenters. The molecule has 1 aliphatic heterocycles. The predicted octanol–water partition coefficient (Wildman–Crippen LogP) is 5.36. The maximum Gasteiger partial charge on any atom is 0.282 e. The summed E-state index contributed by atoms with van der Waals surface area (Å²) >= 11 is 6.16. The highest BCUT2D eigenvalue weighted by molar-refractivity contribution is 6.46. The number of carbonyl (C=O) groups is 2. The van der Waals surface area contributed by atoms with E-state index < -0.39 is 5.91 Å². The van der Waals surface area contributed by atoms with Crippen LogP contribution < -0.4 is 15.0 Å². The van der Waals surface area contributed by atoms with Crippen LogP contribution in [0.1, 0.15) is 16.7 Å². The molecule has 0 aromatic heterocycles. The topological polar surface area (TPSA) is 58.6 Å². The Hall–Kier alpha value is -3.57. The van der Waals surface area contributed by atoms with Gasteiger partial charge in [0.05, 0.1) is 18.4 Å². The van der Waals surface area contributed by atoms with Gasteiger partial charge in [-0.25, -0.2) is 4.90 Å². The minimum atomic E-state index is -0.416. The molecule has 6 heteroatoms. The van der Waals surface area contributed by atoms with E-state index in [2.05, 4.69) is 5.32 Å². The lowest BCUT2D eigenvalue weighted by atomic mass is 10.0. The average Bonchev–Trinajstić information content (AvgIpc) is 3.00. The molecule has 1 heterocycles. The van der Waals surface area contributed by atoms with Crippen molar-refractivity contribution >= 4 is 40.4 Å². The van der Waals surface area contributed by atoms with Crippen LogP contribution in [0, 0.1) is 13.8 Å². The average molecular weight is 433 g/mol. The lowest BCUT2D eigenvalue weighted by Gasteiger charge is -2.16. The molecule has 31 heavy (non-hydrogen) atoms. The van der Waals surface area contributed by atoms with E-state index in [9.17, 15) is 9.59 Å². The van der Waals surface area contributed by atoms with Gasteiger partial charge >= 0.3 is 0 Å². The number of rotatable bonds is 5. The molecule has 0 bridgehead atoms. The quantitative estimate of drug-likeness (QED) is 0.551. The van der Waals surface area contributed by atoms with Gasteiger partial charge in [-0.3, -0.25) is 9.59 Å². The summed E-state index contributed by atoms with van der Waals surface area (Å²) in [6, 6.07) is 19.7. The Bertz CT molecular complexity index is 1220. The molecule has 1 aliphatic rings. The smallest absolute Gasteiger partial charge is 0.282 e. The SMILES string of the molecule is COc1ccc(C2=C(Nc3cc(Cl)ccc3C)C(=O)N(c3cccc(C)c3)C2=O)cc1. The molecule has 0 aliphatic carbocycles.